The summed E-state index contributed by atoms with van der Waals surface area (Å²) in [4.78, 5) is 0. The molecule has 0 aliphatic heterocycles. The third-order valence-corrected chi connectivity index (χ3v) is 4.36. The van der Waals surface area contributed by atoms with Crippen LogP contribution in [0.1, 0.15) is 49.8 Å². The molecule has 3 rings (SSSR count). The highest BCUT2D eigenvalue weighted by molar-refractivity contribution is 5.40. The highest BCUT2D eigenvalue weighted by Crippen LogP contribution is 2.36. The molecule has 3 heteroatoms. The van der Waals surface area contributed by atoms with E-state index in [-0.39, 0.29) is 12.1 Å². The van der Waals surface area contributed by atoms with E-state index in [1.165, 1.54) is 11.1 Å². The Bertz CT molecular complexity index is 456. The molecular formula is C15H21NO2. The molecule has 1 fully saturated rings. The second-order valence-electron chi connectivity index (χ2n) is 5.86. The number of benzene rings is 1. The van der Waals surface area contributed by atoms with Gasteiger partial charge in [-0.15, -0.1) is 0 Å². The van der Waals surface area contributed by atoms with Crippen LogP contribution in [-0.4, -0.2) is 16.8 Å². The maximum Gasteiger partial charge on any atom is 0.127 e. The monoisotopic (exact) mass is 247 g/mol. The SMILES string of the molecule is CC1(O)CCCC1Oc1ccc2c(c1)CC[C@@H]2N. The third-order valence-electron chi connectivity index (χ3n) is 4.36. The number of fused-ring (bicyclic) bond motifs is 1. The molecule has 3 atom stereocenters. The number of hydrogen-bond acceptors (Lipinski definition) is 3. The first-order valence-corrected chi connectivity index (χ1v) is 6.84. The summed E-state index contributed by atoms with van der Waals surface area (Å²) < 4.78 is 5.96. The molecule has 18 heavy (non-hydrogen) atoms. The van der Waals surface area contributed by atoms with Crippen LogP contribution in [0.4, 0.5) is 0 Å². The van der Waals surface area contributed by atoms with Gasteiger partial charge < -0.3 is 15.6 Å². The van der Waals surface area contributed by atoms with E-state index in [4.69, 9.17) is 10.5 Å². The molecule has 3 nitrogen and oxygen atoms in total. The molecular weight excluding hydrogens is 226 g/mol. The normalized spacial score (nSPS) is 34.6. The summed E-state index contributed by atoms with van der Waals surface area (Å²) >= 11 is 0. The number of rotatable bonds is 2. The predicted octanol–water partition coefficient (Wildman–Crippen LogP) is 2.31. The topological polar surface area (TPSA) is 55.5 Å². The van der Waals surface area contributed by atoms with Gasteiger partial charge in [-0.05, 0) is 62.3 Å². The molecule has 2 aliphatic rings. The van der Waals surface area contributed by atoms with Crippen LogP contribution in [0.15, 0.2) is 18.2 Å². The van der Waals surface area contributed by atoms with E-state index >= 15 is 0 Å². The molecule has 2 aliphatic carbocycles. The van der Waals surface area contributed by atoms with Crippen molar-refractivity contribution in [3.05, 3.63) is 29.3 Å². The van der Waals surface area contributed by atoms with E-state index in [1.807, 2.05) is 13.0 Å². The van der Waals surface area contributed by atoms with Gasteiger partial charge in [-0.1, -0.05) is 6.07 Å². The van der Waals surface area contributed by atoms with Crippen LogP contribution < -0.4 is 10.5 Å². The van der Waals surface area contributed by atoms with Gasteiger partial charge in [0.2, 0.25) is 0 Å². The highest BCUT2D eigenvalue weighted by atomic mass is 16.5. The quantitative estimate of drug-likeness (QED) is 0.843. The average Bonchev–Trinajstić information content (AvgIpc) is 2.84. The molecule has 0 saturated heterocycles. The maximum atomic E-state index is 10.2. The minimum atomic E-state index is -0.685. The largest absolute Gasteiger partial charge is 0.487 e. The lowest BCUT2D eigenvalue weighted by Gasteiger charge is -2.26. The fourth-order valence-electron chi connectivity index (χ4n) is 3.17. The van der Waals surface area contributed by atoms with E-state index in [2.05, 4.69) is 12.1 Å². The Hall–Kier alpha value is -1.06. The highest BCUT2D eigenvalue weighted by Gasteiger charge is 2.38. The molecule has 0 radical (unpaired) electrons. The van der Waals surface area contributed by atoms with Crippen molar-refractivity contribution in [3.63, 3.8) is 0 Å². The van der Waals surface area contributed by atoms with E-state index in [0.717, 1.165) is 37.9 Å². The number of aryl methyl sites for hydroxylation is 1. The first kappa shape index (κ1) is 12.0. The van der Waals surface area contributed by atoms with Gasteiger partial charge in [0.1, 0.15) is 11.9 Å². The molecule has 2 unspecified atom stereocenters. The number of ether oxygens (including phenoxy) is 1. The standard InChI is InChI=1S/C15H21NO2/c1-15(17)8-2-3-14(15)18-11-5-6-12-10(9-11)4-7-13(12)16/h5-6,9,13-14,17H,2-4,7-8,16H2,1H3/t13-,14?,15?/m0/s1. The Morgan fingerprint density at radius 1 is 1.39 bits per heavy atom. The third kappa shape index (κ3) is 2.02. The molecule has 98 valence electrons. The lowest BCUT2D eigenvalue weighted by Crippen LogP contribution is -2.37. The smallest absolute Gasteiger partial charge is 0.127 e. The molecule has 1 saturated carbocycles. The van der Waals surface area contributed by atoms with Gasteiger partial charge >= 0.3 is 0 Å². The fourth-order valence-corrected chi connectivity index (χ4v) is 3.17. The van der Waals surface area contributed by atoms with Crippen molar-refractivity contribution in [2.45, 2.75) is 56.8 Å². The summed E-state index contributed by atoms with van der Waals surface area (Å²) in [7, 11) is 0. The van der Waals surface area contributed by atoms with E-state index in [1.54, 1.807) is 0 Å². The summed E-state index contributed by atoms with van der Waals surface area (Å²) in [5.74, 6) is 0.870. The Morgan fingerprint density at radius 3 is 2.94 bits per heavy atom. The summed E-state index contributed by atoms with van der Waals surface area (Å²) in [6, 6.07) is 6.34. The molecule has 0 amide bonds. The molecule has 3 N–H and O–H groups in total. The first-order chi connectivity index (χ1) is 8.56. The van der Waals surface area contributed by atoms with E-state index in [9.17, 15) is 5.11 Å². The first-order valence-electron chi connectivity index (χ1n) is 6.84. The van der Waals surface area contributed by atoms with E-state index < -0.39 is 5.60 Å². The second kappa shape index (κ2) is 4.25. The predicted molar refractivity (Wildman–Crippen MR) is 70.6 cm³/mol. The molecule has 0 bridgehead atoms. The van der Waals surface area contributed by atoms with Gasteiger partial charge in [0, 0.05) is 6.04 Å². The second-order valence-corrected chi connectivity index (χ2v) is 5.86. The van der Waals surface area contributed by atoms with Crippen molar-refractivity contribution in [1.82, 2.24) is 0 Å². The zero-order valence-corrected chi connectivity index (χ0v) is 10.9. The van der Waals surface area contributed by atoms with Crippen LogP contribution in [-0.2, 0) is 6.42 Å². The van der Waals surface area contributed by atoms with Crippen molar-refractivity contribution in [3.8, 4) is 5.75 Å². The average molecular weight is 247 g/mol. The minimum Gasteiger partial charge on any atom is -0.487 e. The van der Waals surface area contributed by atoms with Crippen molar-refractivity contribution in [2.75, 3.05) is 0 Å². The molecule has 1 aromatic carbocycles. The number of nitrogens with two attached hydrogens (primary N) is 1. The van der Waals surface area contributed by atoms with Crippen molar-refractivity contribution in [2.24, 2.45) is 5.73 Å². The minimum absolute atomic E-state index is 0.0781. The van der Waals surface area contributed by atoms with Gasteiger partial charge in [-0.3, -0.25) is 0 Å². The van der Waals surface area contributed by atoms with Crippen LogP contribution in [0.5, 0.6) is 5.75 Å². The van der Waals surface area contributed by atoms with Gasteiger partial charge in [0.25, 0.3) is 0 Å². The molecule has 0 heterocycles. The zero-order chi connectivity index (χ0) is 12.8. The Balaban J connectivity index is 1.78. The Kier molecular flexibility index (Phi) is 2.83. The van der Waals surface area contributed by atoms with Crippen molar-refractivity contribution >= 4 is 0 Å². The van der Waals surface area contributed by atoms with Crippen LogP contribution in [0.3, 0.4) is 0 Å². The molecule has 0 aromatic heterocycles. The van der Waals surface area contributed by atoms with Crippen molar-refractivity contribution in [1.29, 1.82) is 0 Å². The zero-order valence-electron chi connectivity index (χ0n) is 10.9. The summed E-state index contributed by atoms with van der Waals surface area (Å²) in [5, 5.41) is 10.2. The maximum absolute atomic E-state index is 10.2. The summed E-state index contributed by atoms with van der Waals surface area (Å²) in [6.45, 7) is 1.87. The van der Waals surface area contributed by atoms with Gasteiger partial charge in [0.15, 0.2) is 0 Å². The number of hydrogen-bond donors (Lipinski definition) is 2. The molecule has 0 spiro atoms. The van der Waals surface area contributed by atoms with Gasteiger partial charge in [0.05, 0.1) is 5.60 Å². The fraction of sp³-hybridized carbons (Fsp3) is 0.600. The lowest BCUT2D eigenvalue weighted by atomic mass is 10.0. The van der Waals surface area contributed by atoms with Crippen LogP contribution >= 0.6 is 0 Å². The van der Waals surface area contributed by atoms with Gasteiger partial charge in [-0.2, -0.15) is 0 Å². The lowest BCUT2D eigenvalue weighted by molar-refractivity contribution is -0.0252. The van der Waals surface area contributed by atoms with Crippen LogP contribution in [0.25, 0.3) is 0 Å². The summed E-state index contributed by atoms with van der Waals surface area (Å²) in [5.41, 5.74) is 7.89. The van der Waals surface area contributed by atoms with Crippen molar-refractivity contribution < 1.29 is 9.84 Å². The Morgan fingerprint density at radius 2 is 2.22 bits per heavy atom. The number of aliphatic hydroxyl groups is 1. The Labute approximate surface area is 108 Å². The van der Waals surface area contributed by atoms with Gasteiger partial charge in [-0.25, -0.2) is 0 Å². The van der Waals surface area contributed by atoms with E-state index in [0.29, 0.717) is 0 Å². The summed E-state index contributed by atoms with van der Waals surface area (Å²) in [6.07, 6.45) is 4.78. The molecule has 1 aromatic rings. The van der Waals surface area contributed by atoms with Crippen LogP contribution in [0.2, 0.25) is 0 Å². The van der Waals surface area contributed by atoms with Crippen LogP contribution in [0, 0.1) is 0 Å².